The van der Waals surface area contributed by atoms with Gasteiger partial charge in [-0.2, -0.15) is 0 Å². The van der Waals surface area contributed by atoms with Crippen molar-refractivity contribution in [2.45, 2.75) is 6.54 Å². The van der Waals surface area contributed by atoms with Crippen molar-refractivity contribution in [3.63, 3.8) is 0 Å². The SMILES string of the molecule is COc1ccc(CNc2nccn(-c3cccc(Cl)c3)c2=O)cc1. The number of rotatable bonds is 5. The highest BCUT2D eigenvalue weighted by Gasteiger charge is 2.07. The van der Waals surface area contributed by atoms with Gasteiger partial charge in [-0.3, -0.25) is 9.36 Å². The molecule has 0 spiro atoms. The Morgan fingerprint density at radius 3 is 2.71 bits per heavy atom. The summed E-state index contributed by atoms with van der Waals surface area (Å²) in [4.78, 5) is 16.7. The van der Waals surface area contributed by atoms with Gasteiger partial charge in [0.2, 0.25) is 0 Å². The minimum atomic E-state index is -0.228. The molecule has 3 aromatic rings. The predicted molar refractivity (Wildman–Crippen MR) is 95.2 cm³/mol. The summed E-state index contributed by atoms with van der Waals surface area (Å²) >= 11 is 6.00. The molecule has 0 saturated heterocycles. The van der Waals surface area contributed by atoms with Crippen LogP contribution in [0, 0.1) is 0 Å². The molecule has 0 aliphatic rings. The highest BCUT2D eigenvalue weighted by atomic mass is 35.5. The van der Waals surface area contributed by atoms with Crippen molar-refractivity contribution in [3.05, 3.63) is 81.9 Å². The van der Waals surface area contributed by atoms with Crippen LogP contribution in [0.4, 0.5) is 5.82 Å². The van der Waals surface area contributed by atoms with Crippen LogP contribution in [0.2, 0.25) is 5.02 Å². The summed E-state index contributed by atoms with van der Waals surface area (Å²) in [5, 5.41) is 3.65. The van der Waals surface area contributed by atoms with Crippen LogP contribution < -0.4 is 15.6 Å². The van der Waals surface area contributed by atoms with Crippen molar-refractivity contribution in [2.24, 2.45) is 0 Å². The van der Waals surface area contributed by atoms with E-state index in [0.717, 1.165) is 11.3 Å². The lowest BCUT2D eigenvalue weighted by Gasteiger charge is -2.10. The lowest BCUT2D eigenvalue weighted by atomic mass is 10.2. The molecular weight excluding hydrogens is 326 g/mol. The first-order valence-electron chi connectivity index (χ1n) is 7.38. The van der Waals surface area contributed by atoms with Gasteiger partial charge >= 0.3 is 0 Å². The number of hydrogen-bond acceptors (Lipinski definition) is 4. The van der Waals surface area contributed by atoms with Crippen LogP contribution in [0.15, 0.2) is 65.7 Å². The molecule has 122 valence electrons. The highest BCUT2D eigenvalue weighted by molar-refractivity contribution is 6.30. The van der Waals surface area contributed by atoms with E-state index in [9.17, 15) is 4.79 Å². The van der Waals surface area contributed by atoms with Gasteiger partial charge in [-0.05, 0) is 35.9 Å². The van der Waals surface area contributed by atoms with E-state index in [1.165, 1.54) is 4.57 Å². The van der Waals surface area contributed by atoms with Crippen LogP contribution in [0.1, 0.15) is 5.56 Å². The second kappa shape index (κ2) is 7.19. The fraction of sp³-hybridized carbons (Fsp3) is 0.111. The number of nitrogens with zero attached hydrogens (tertiary/aromatic N) is 2. The molecule has 1 heterocycles. The molecule has 0 radical (unpaired) electrons. The van der Waals surface area contributed by atoms with E-state index >= 15 is 0 Å². The number of aromatic nitrogens is 2. The fourth-order valence-electron chi connectivity index (χ4n) is 2.29. The summed E-state index contributed by atoms with van der Waals surface area (Å²) in [5.41, 5.74) is 1.49. The van der Waals surface area contributed by atoms with E-state index in [0.29, 0.717) is 17.3 Å². The molecule has 0 atom stereocenters. The first-order valence-corrected chi connectivity index (χ1v) is 7.75. The van der Waals surface area contributed by atoms with Crippen LogP contribution in [-0.2, 0) is 6.54 Å². The average Bonchev–Trinajstić information content (AvgIpc) is 2.61. The summed E-state index contributed by atoms with van der Waals surface area (Å²) < 4.78 is 6.64. The first kappa shape index (κ1) is 16.1. The Bertz CT molecular complexity index is 891. The topological polar surface area (TPSA) is 56.1 Å². The largest absolute Gasteiger partial charge is 0.497 e. The molecule has 1 N–H and O–H groups in total. The summed E-state index contributed by atoms with van der Waals surface area (Å²) in [5.74, 6) is 1.08. The van der Waals surface area contributed by atoms with Crippen molar-refractivity contribution < 1.29 is 4.74 Å². The van der Waals surface area contributed by atoms with E-state index in [1.807, 2.05) is 30.3 Å². The van der Waals surface area contributed by atoms with Gasteiger partial charge in [0.1, 0.15) is 5.75 Å². The summed E-state index contributed by atoms with van der Waals surface area (Å²) in [6, 6.07) is 14.7. The minimum absolute atomic E-state index is 0.228. The number of hydrogen-bond donors (Lipinski definition) is 1. The zero-order chi connectivity index (χ0) is 16.9. The quantitative estimate of drug-likeness (QED) is 0.771. The smallest absolute Gasteiger partial charge is 0.297 e. The van der Waals surface area contributed by atoms with Crippen molar-refractivity contribution in [3.8, 4) is 11.4 Å². The van der Waals surface area contributed by atoms with Crippen molar-refractivity contribution in [1.29, 1.82) is 0 Å². The summed E-state index contributed by atoms with van der Waals surface area (Å²) in [7, 11) is 1.62. The highest BCUT2D eigenvalue weighted by Crippen LogP contribution is 2.14. The minimum Gasteiger partial charge on any atom is -0.497 e. The van der Waals surface area contributed by atoms with Crippen molar-refractivity contribution in [1.82, 2.24) is 9.55 Å². The molecule has 0 aliphatic carbocycles. The van der Waals surface area contributed by atoms with Gasteiger partial charge in [-0.25, -0.2) is 4.98 Å². The maximum atomic E-state index is 12.6. The van der Waals surface area contributed by atoms with Crippen LogP contribution in [0.3, 0.4) is 0 Å². The fourth-order valence-corrected chi connectivity index (χ4v) is 2.48. The number of methoxy groups -OCH3 is 1. The van der Waals surface area contributed by atoms with Crippen LogP contribution in [0.5, 0.6) is 5.75 Å². The second-order valence-corrected chi connectivity index (χ2v) is 5.57. The van der Waals surface area contributed by atoms with Gasteiger partial charge in [-0.15, -0.1) is 0 Å². The summed E-state index contributed by atoms with van der Waals surface area (Å²) in [6.45, 7) is 0.492. The Labute approximate surface area is 144 Å². The molecule has 24 heavy (non-hydrogen) atoms. The van der Waals surface area contributed by atoms with E-state index in [1.54, 1.807) is 37.7 Å². The lowest BCUT2D eigenvalue weighted by Crippen LogP contribution is -2.23. The Balaban J connectivity index is 1.81. The molecule has 0 aliphatic heterocycles. The molecule has 0 saturated carbocycles. The summed E-state index contributed by atoms with van der Waals surface area (Å²) in [6.07, 6.45) is 3.20. The third-order valence-corrected chi connectivity index (χ3v) is 3.78. The van der Waals surface area contributed by atoms with Gasteiger partial charge in [0.05, 0.1) is 12.8 Å². The molecule has 5 nitrogen and oxygen atoms in total. The Kier molecular flexibility index (Phi) is 4.82. The molecule has 1 aromatic heterocycles. The van der Waals surface area contributed by atoms with Gasteiger partial charge in [0.25, 0.3) is 5.56 Å². The number of halogens is 1. The lowest BCUT2D eigenvalue weighted by molar-refractivity contribution is 0.414. The average molecular weight is 342 g/mol. The van der Waals surface area contributed by atoms with E-state index in [-0.39, 0.29) is 11.4 Å². The molecule has 3 rings (SSSR count). The van der Waals surface area contributed by atoms with E-state index < -0.39 is 0 Å². The third-order valence-electron chi connectivity index (χ3n) is 3.55. The second-order valence-electron chi connectivity index (χ2n) is 5.13. The number of nitrogens with one attached hydrogen (secondary N) is 1. The predicted octanol–water partition coefficient (Wildman–Crippen LogP) is 3.51. The molecule has 2 aromatic carbocycles. The molecular formula is C18H16ClN3O2. The monoisotopic (exact) mass is 341 g/mol. The molecule has 0 fully saturated rings. The molecule has 0 unspecified atom stereocenters. The van der Waals surface area contributed by atoms with Crippen molar-refractivity contribution >= 4 is 17.4 Å². The van der Waals surface area contributed by atoms with Crippen LogP contribution >= 0.6 is 11.6 Å². The Morgan fingerprint density at radius 2 is 2.00 bits per heavy atom. The Hall–Kier alpha value is -2.79. The van der Waals surface area contributed by atoms with E-state index in [2.05, 4.69) is 10.3 Å². The zero-order valence-corrected chi connectivity index (χ0v) is 13.8. The molecule has 0 amide bonds. The molecule has 6 heteroatoms. The first-order chi connectivity index (χ1) is 11.7. The van der Waals surface area contributed by atoms with Crippen molar-refractivity contribution in [2.75, 3.05) is 12.4 Å². The standard InChI is InChI=1S/C18H16ClN3O2/c1-24-16-7-5-13(6-8-16)12-21-17-18(23)22(10-9-20-17)15-4-2-3-14(19)11-15/h2-11H,12H2,1H3,(H,20,21). The third kappa shape index (κ3) is 3.58. The Morgan fingerprint density at radius 1 is 1.21 bits per heavy atom. The maximum Gasteiger partial charge on any atom is 0.297 e. The van der Waals surface area contributed by atoms with Gasteiger partial charge in [0, 0.05) is 24.0 Å². The maximum absolute atomic E-state index is 12.6. The number of ether oxygens (including phenoxy) is 1. The van der Waals surface area contributed by atoms with Gasteiger partial charge in [0.15, 0.2) is 5.82 Å². The van der Waals surface area contributed by atoms with E-state index in [4.69, 9.17) is 16.3 Å². The van der Waals surface area contributed by atoms with Crippen LogP contribution in [-0.4, -0.2) is 16.7 Å². The van der Waals surface area contributed by atoms with Gasteiger partial charge in [-0.1, -0.05) is 29.8 Å². The zero-order valence-electron chi connectivity index (χ0n) is 13.1. The van der Waals surface area contributed by atoms with Crippen LogP contribution in [0.25, 0.3) is 5.69 Å². The molecule has 0 bridgehead atoms. The van der Waals surface area contributed by atoms with Gasteiger partial charge < -0.3 is 10.1 Å². The number of anilines is 1. The normalized spacial score (nSPS) is 10.4. The number of benzene rings is 2.